The van der Waals surface area contributed by atoms with E-state index in [1.54, 1.807) is 0 Å². The van der Waals surface area contributed by atoms with Crippen molar-refractivity contribution in [3.63, 3.8) is 0 Å². The molecule has 0 aromatic heterocycles. The third kappa shape index (κ3) is 2.87. The van der Waals surface area contributed by atoms with Crippen LogP contribution in [-0.2, 0) is 14.3 Å². The van der Waals surface area contributed by atoms with Crippen molar-refractivity contribution in [2.45, 2.75) is 18.9 Å². The molecule has 2 N–H and O–H groups in total. The summed E-state index contributed by atoms with van der Waals surface area (Å²) >= 11 is 0. The summed E-state index contributed by atoms with van der Waals surface area (Å²) in [6.07, 6.45) is 1.25. The van der Waals surface area contributed by atoms with Crippen molar-refractivity contribution in [1.82, 2.24) is 5.32 Å². The Bertz CT molecular complexity index is 192. The highest BCUT2D eigenvalue weighted by molar-refractivity contribution is 5.78. The zero-order valence-corrected chi connectivity index (χ0v) is 6.58. The van der Waals surface area contributed by atoms with Gasteiger partial charge in [-0.2, -0.15) is 0 Å². The van der Waals surface area contributed by atoms with Crippen molar-refractivity contribution in [3.8, 4) is 0 Å². The second-order valence-electron chi connectivity index (χ2n) is 2.71. The molecule has 1 aliphatic heterocycles. The van der Waals surface area contributed by atoms with Crippen LogP contribution in [0.2, 0.25) is 0 Å². The molecule has 1 fully saturated rings. The van der Waals surface area contributed by atoms with Crippen molar-refractivity contribution in [1.29, 1.82) is 0 Å². The molecule has 0 radical (unpaired) electrons. The predicted octanol–water partition coefficient (Wildman–Crippen LogP) is -0.634. The summed E-state index contributed by atoms with van der Waals surface area (Å²) in [6, 6.07) is -0.00292. The van der Waals surface area contributed by atoms with Crippen LogP contribution in [0.5, 0.6) is 0 Å². The number of nitrogens with one attached hydrogen (secondary N) is 1. The number of carboxylic acids is 1. The summed E-state index contributed by atoms with van der Waals surface area (Å²) in [6.45, 7) is -0.00951. The molecule has 1 aliphatic rings. The molecular weight excluding hydrogens is 162 g/mol. The lowest BCUT2D eigenvalue weighted by Crippen LogP contribution is -2.30. The summed E-state index contributed by atoms with van der Waals surface area (Å²) in [5.74, 6) is -0.974. The van der Waals surface area contributed by atoms with Gasteiger partial charge in [0, 0.05) is 6.42 Å². The highest BCUT2D eigenvalue weighted by Crippen LogP contribution is 2.06. The van der Waals surface area contributed by atoms with Crippen LogP contribution in [0.25, 0.3) is 0 Å². The molecule has 0 spiro atoms. The van der Waals surface area contributed by atoms with Gasteiger partial charge in [0.05, 0.1) is 12.6 Å². The maximum atomic E-state index is 10.7. The van der Waals surface area contributed by atoms with Gasteiger partial charge in [-0.3, -0.25) is 4.79 Å². The fourth-order valence-corrected chi connectivity index (χ4v) is 1.09. The van der Waals surface area contributed by atoms with Crippen molar-refractivity contribution in [3.05, 3.63) is 0 Å². The molecule has 12 heavy (non-hydrogen) atoms. The molecule has 0 bridgehead atoms. The molecule has 0 aliphatic carbocycles. The zero-order chi connectivity index (χ0) is 8.97. The average molecular weight is 173 g/mol. The van der Waals surface area contributed by atoms with E-state index in [9.17, 15) is 9.59 Å². The largest absolute Gasteiger partial charge is 0.480 e. The molecule has 1 atom stereocenters. The first kappa shape index (κ1) is 8.99. The smallest absolute Gasteiger partial charge is 0.329 e. The van der Waals surface area contributed by atoms with Gasteiger partial charge in [-0.15, -0.1) is 0 Å². The first-order valence-corrected chi connectivity index (χ1v) is 3.77. The second-order valence-corrected chi connectivity index (χ2v) is 2.71. The topological polar surface area (TPSA) is 75.6 Å². The van der Waals surface area contributed by atoms with E-state index in [1.807, 2.05) is 0 Å². The highest BCUT2D eigenvalue weighted by Gasteiger charge is 2.20. The Balaban J connectivity index is 2.08. The fraction of sp³-hybridized carbons (Fsp3) is 0.714. The molecule has 0 saturated carbocycles. The van der Waals surface area contributed by atoms with E-state index in [0.29, 0.717) is 6.42 Å². The van der Waals surface area contributed by atoms with Crippen LogP contribution in [0.3, 0.4) is 0 Å². The number of rotatable bonds is 4. The Hall–Kier alpha value is -1.10. The van der Waals surface area contributed by atoms with Crippen molar-refractivity contribution in [2.75, 3.05) is 13.2 Å². The minimum absolute atomic E-state index is 0.00292. The summed E-state index contributed by atoms with van der Waals surface area (Å²) in [4.78, 5) is 20.7. The van der Waals surface area contributed by atoms with Crippen LogP contribution in [0, 0.1) is 0 Å². The van der Waals surface area contributed by atoms with E-state index in [0.717, 1.165) is 6.42 Å². The molecule has 1 amide bonds. The SMILES string of the molecule is O=C(O)COCC1CCC(=O)N1. The zero-order valence-electron chi connectivity index (χ0n) is 6.58. The van der Waals surface area contributed by atoms with Crippen LogP contribution >= 0.6 is 0 Å². The molecule has 0 aromatic rings. The minimum Gasteiger partial charge on any atom is -0.480 e. The average Bonchev–Trinajstić information content (AvgIpc) is 2.35. The summed E-state index contributed by atoms with van der Waals surface area (Å²) < 4.78 is 4.81. The third-order valence-electron chi connectivity index (χ3n) is 1.63. The van der Waals surface area contributed by atoms with Crippen LogP contribution in [-0.4, -0.2) is 36.2 Å². The first-order valence-electron chi connectivity index (χ1n) is 3.77. The maximum absolute atomic E-state index is 10.7. The Kier molecular flexibility index (Phi) is 3.04. The number of carboxylic acid groups (broad SMARTS) is 1. The van der Waals surface area contributed by atoms with E-state index in [2.05, 4.69) is 5.32 Å². The minimum atomic E-state index is -0.987. The monoisotopic (exact) mass is 173 g/mol. The van der Waals surface area contributed by atoms with Crippen molar-refractivity contribution in [2.24, 2.45) is 0 Å². The number of carbonyl (C=O) groups excluding carboxylic acids is 1. The first-order chi connectivity index (χ1) is 5.68. The quantitative estimate of drug-likeness (QED) is 0.593. The Morgan fingerprint density at radius 3 is 3.00 bits per heavy atom. The molecular formula is C7H11NO4. The van der Waals surface area contributed by atoms with E-state index >= 15 is 0 Å². The van der Waals surface area contributed by atoms with Gasteiger partial charge >= 0.3 is 5.97 Å². The van der Waals surface area contributed by atoms with Gasteiger partial charge < -0.3 is 15.2 Å². The Morgan fingerprint density at radius 2 is 2.50 bits per heavy atom. The predicted molar refractivity (Wildman–Crippen MR) is 39.6 cm³/mol. The van der Waals surface area contributed by atoms with Gasteiger partial charge in [0.1, 0.15) is 6.61 Å². The van der Waals surface area contributed by atoms with Gasteiger partial charge in [0.25, 0.3) is 0 Å². The van der Waals surface area contributed by atoms with Crippen molar-refractivity contribution >= 4 is 11.9 Å². The molecule has 1 saturated heterocycles. The number of ether oxygens (including phenoxy) is 1. The van der Waals surface area contributed by atoms with E-state index in [1.165, 1.54) is 0 Å². The van der Waals surface area contributed by atoms with Crippen LogP contribution in [0.15, 0.2) is 0 Å². The number of amides is 1. The number of aliphatic carboxylic acids is 1. The summed E-state index contributed by atoms with van der Waals surface area (Å²) in [7, 11) is 0. The van der Waals surface area contributed by atoms with E-state index < -0.39 is 5.97 Å². The summed E-state index contributed by atoms with van der Waals surface area (Å²) in [5, 5.41) is 10.9. The summed E-state index contributed by atoms with van der Waals surface area (Å²) in [5.41, 5.74) is 0. The fourth-order valence-electron chi connectivity index (χ4n) is 1.09. The van der Waals surface area contributed by atoms with E-state index in [-0.39, 0.29) is 25.2 Å². The number of hydrogen-bond donors (Lipinski definition) is 2. The number of carbonyl (C=O) groups is 2. The molecule has 5 heteroatoms. The van der Waals surface area contributed by atoms with Crippen LogP contribution < -0.4 is 5.32 Å². The van der Waals surface area contributed by atoms with Gasteiger partial charge in [-0.1, -0.05) is 0 Å². The Labute approximate surface area is 69.7 Å². The second kappa shape index (κ2) is 4.06. The molecule has 1 rings (SSSR count). The Morgan fingerprint density at radius 1 is 1.75 bits per heavy atom. The van der Waals surface area contributed by atoms with Gasteiger partial charge in [-0.25, -0.2) is 4.79 Å². The van der Waals surface area contributed by atoms with Gasteiger partial charge in [0.15, 0.2) is 0 Å². The molecule has 0 aromatic carbocycles. The highest BCUT2D eigenvalue weighted by atomic mass is 16.5. The van der Waals surface area contributed by atoms with E-state index in [4.69, 9.17) is 9.84 Å². The third-order valence-corrected chi connectivity index (χ3v) is 1.63. The van der Waals surface area contributed by atoms with Gasteiger partial charge in [0.2, 0.25) is 5.91 Å². The molecule has 68 valence electrons. The van der Waals surface area contributed by atoms with Crippen LogP contribution in [0.4, 0.5) is 0 Å². The van der Waals surface area contributed by atoms with Crippen LogP contribution in [0.1, 0.15) is 12.8 Å². The molecule has 1 heterocycles. The lowest BCUT2D eigenvalue weighted by molar-refractivity contribution is -0.142. The normalized spacial score (nSPS) is 22.3. The van der Waals surface area contributed by atoms with Crippen molar-refractivity contribution < 1.29 is 19.4 Å². The lowest BCUT2D eigenvalue weighted by Gasteiger charge is -2.08. The number of hydrogen-bond acceptors (Lipinski definition) is 3. The standard InChI is InChI=1S/C7H11NO4/c9-6-2-1-5(8-6)3-12-4-7(10)11/h5H,1-4H2,(H,8,9)(H,10,11). The maximum Gasteiger partial charge on any atom is 0.329 e. The molecule has 5 nitrogen and oxygen atoms in total. The molecule has 1 unspecified atom stereocenters. The van der Waals surface area contributed by atoms with Gasteiger partial charge in [-0.05, 0) is 6.42 Å². The lowest BCUT2D eigenvalue weighted by atomic mass is 10.2.